The largest absolute Gasteiger partial charge is 0.353 e. The minimum Gasteiger partial charge on any atom is -0.353 e. The molecule has 1 heterocycles. The fourth-order valence-electron chi connectivity index (χ4n) is 1.93. The molecule has 2 aromatic rings. The van der Waals surface area contributed by atoms with Crippen molar-refractivity contribution in [2.75, 3.05) is 0 Å². The molecule has 1 atom stereocenters. The third-order valence-electron chi connectivity index (χ3n) is 2.99. The number of amides is 1. The summed E-state index contributed by atoms with van der Waals surface area (Å²) in [5, 5.41) is 7.97. The number of rotatable bonds is 5. The van der Waals surface area contributed by atoms with Crippen LogP contribution in [0.25, 0.3) is 10.1 Å². The molecule has 20 heavy (non-hydrogen) atoms. The summed E-state index contributed by atoms with van der Waals surface area (Å²) in [7, 11) is 0. The van der Waals surface area contributed by atoms with Crippen molar-refractivity contribution >= 4 is 38.9 Å². The predicted molar refractivity (Wildman–Crippen MR) is 86.4 cm³/mol. The molecule has 108 valence electrons. The maximum absolute atomic E-state index is 11.8. The summed E-state index contributed by atoms with van der Waals surface area (Å²) in [4.78, 5) is 12.9. The molecule has 0 saturated heterocycles. The second-order valence-corrected chi connectivity index (χ2v) is 6.62. The maximum atomic E-state index is 11.8. The zero-order chi connectivity index (χ0) is 14.7. The molecule has 2 N–H and O–H groups in total. The van der Waals surface area contributed by atoms with E-state index in [4.69, 9.17) is 11.6 Å². The lowest BCUT2D eigenvalue weighted by atomic mass is 10.2. The van der Waals surface area contributed by atoms with Gasteiger partial charge >= 0.3 is 0 Å². The highest BCUT2D eigenvalue weighted by Crippen LogP contribution is 2.34. The van der Waals surface area contributed by atoms with Gasteiger partial charge in [0.05, 0.1) is 11.1 Å². The lowest BCUT2D eigenvalue weighted by Crippen LogP contribution is -2.44. The Morgan fingerprint density at radius 2 is 2.00 bits per heavy atom. The number of nitrogens with one attached hydrogen (secondary N) is 2. The molecule has 0 bridgehead atoms. The van der Waals surface area contributed by atoms with E-state index in [0.29, 0.717) is 6.54 Å². The molecule has 1 amide bonds. The highest BCUT2D eigenvalue weighted by Gasteiger charge is 2.15. The Morgan fingerprint density at radius 1 is 1.30 bits per heavy atom. The Hall–Kier alpha value is -1.10. The van der Waals surface area contributed by atoms with Crippen LogP contribution in [0.15, 0.2) is 24.3 Å². The number of benzene rings is 1. The molecule has 1 unspecified atom stereocenters. The van der Waals surface area contributed by atoms with Gasteiger partial charge in [-0.05, 0) is 26.8 Å². The highest BCUT2D eigenvalue weighted by atomic mass is 35.5. The van der Waals surface area contributed by atoms with Gasteiger partial charge in [0.1, 0.15) is 0 Å². The van der Waals surface area contributed by atoms with E-state index in [9.17, 15) is 4.79 Å². The first-order valence-electron chi connectivity index (χ1n) is 6.68. The normalized spacial score (nSPS) is 12.8. The predicted octanol–water partition coefficient (Wildman–Crippen LogP) is 3.56. The van der Waals surface area contributed by atoms with Crippen LogP contribution in [0.3, 0.4) is 0 Å². The third-order valence-corrected chi connectivity index (χ3v) is 4.71. The van der Waals surface area contributed by atoms with Crippen LogP contribution in [0.4, 0.5) is 0 Å². The number of hydrogen-bond donors (Lipinski definition) is 2. The Kier molecular flexibility index (Phi) is 5.02. The van der Waals surface area contributed by atoms with Crippen molar-refractivity contribution in [2.45, 2.75) is 39.4 Å². The SMILES string of the molecule is CC(C)NC(=O)C(C)NCc1sc2ccccc2c1Cl. The van der Waals surface area contributed by atoms with Crippen molar-refractivity contribution in [3.05, 3.63) is 34.2 Å². The Bertz CT molecular complexity index is 609. The van der Waals surface area contributed by atoms with Gasteiger partial charge in [-0.15, -0.1) is 11.3 Å². The highest BCUT2D eigenvalue weighted by molar-refractivity contribution is 7.19. The molecule has 0 aliphatic rings. The van der Waals surface area contributed by atoms with Gasteiger partial charge in [0, 0.05) is 27.5 Å². The van der Waals surface area contributed by atoms with E-state index in [1.165, 1.54) is 4.70 Å². The summed E-state index contributed by atoms with van der Waals surface area (Å²) in [6, 6.07) is 7.98. The van der Waals surface area contributed by atoms with Crippen molar-refractivity contribution in [1.29, 1.82) is 0 Å². The smallest absolute Gasteiger partial charge is 0.237 e. The van der Waals surface area contributed by atoms with Crippen LogP contribution >= 0.6 is 22.9 Å². The first-order valence-corrected chi connectivity index (χ1v) is 7.88. The van der Waals surface area contributed by atoms with Gasteiger partial charge in [-0.25, -0.2) is 0 Å². The summed E-state index contributed by atoms with van der Waals surface area (Å²) in [6.07, 6.45) is 0. The van der Waals surface area contributed by atoms with Crippen LogP contribution in [0, 0.1) is 0 Å². The van der Waals surface area contributed by atoms with Crippen LogP contribution in [-0.2, 0) is 11.3 Å². The monoisotopic (exact) mass is 310 g/mol. The van der Waals surface area contributed by atoms with E-state index in [-0.39, 0.29) is 18.0 Å². The number of carbonyl (C=O) groups excluding carboxylic acids is 1. The van der Waals surface area contributed by atoms with Gasteiger partial charge < -0.3 is 10.6 Å². The molecule has 1 aromatic carbocycles. The minimum atomic E-state index is -0.237. The van der Waals surface area contributed by atoms with Gasteiger partial charge in [0.25, 0.3) is 0 Å². The number of carbonyl (C=O) groups is 1. The second kappa shape index (κ2) is 6.57. The summed E-state index contributed by atoms with van der Waals surface area (Å²) in [6.45, 7) is 6.37. The molecule has 0 spiro atoms. The molecular weight excluding hydrogens is 292 g/mol. The third kappa shape index (κ3) is 3.51. The van der Waals surface area contributed by atoms with Crippen LogP contribution in [-0.4, -0.2) is 18.0 Å². The van der Waals surface area contributed by atoms with Crippen molar-refractivity contribution in [1.82, 2.24) is 10.6 Å². The van der Waals surface area contributed by atoms with Crippen LogP contribution in [0.1, 0.15) is 25.6 Å². The van der Waals surface area contributed by atoms with E-state index < -0.39 is 0 Å². The number of hydrogen-bond acceptors (Lipinski definition) is 3. The maximum Gasteiger partial charge on any atom is 0.237 e. The molecule has 0 saturated carbocycles. The zero-order valence-electron chi connectivity index (χ0n) is 11.9. The molecular formula is C15H19ClN2OS. The van der Waals surface area contributed by atoms with Gasteiger partial charge in [-0.3, -0.25) is 4.79 Å². The summed E-state index contributed by atoms with van der Waals surface area (Å²) >= 11 is 8.04. The number of halogens is 1. The average molecular weight is 311 g/mol. The van der Waals surface area contributed by atoms with Gasteiger partial charge in [0.2, 0.25) is 5.91 Å². The zero-order valence-corrected chi connectivity index (χ0v) is 13.4. The quantitative estimate of drug-likeness (QED) is 0.886. The van der Waals surface area contributed by atoms with E-state index in [0.717, 1.165) is 15.3 Å². The van der Waals surface area contributed by atoms with Crippen LogP contribution in [0.2, 0.25) is 5.02 Å². The Morgan fingerprint density at radius 3 is 2.65 bits per heavy atom. The molecule has 0 fully saturated rings. The first-order chi connectivity index (χ1) is 9.49. The summed E-state index contributed by atoms with van der Waals surface area (Å²) in [5.41, 5.74) is 0. The molecule has 0 aliphatic heterocycles. The summed E-state index contributed by atoms with van der Waals surface area (Å²) in [5.74, 6) is 0.0113. The van der Waals surface area contributed by atoms with Gasteiger partial charge in [-0.1, -0.05) is 29.8 Å². The van der Waals surface area contributed by atoms with E-state index in [2.05, 4.69) is 16.7 Å². The average Bonchev–Trinajstić information content (AvgIpc) is 2.72. The van der Waals surface area contributed by atoms with Crippen molar-refractivity contribution in [3.8, 4) is 0 Å². The van der Waals surface area contributed by atoms with E-state index >= 15 is 0 Å². The minimum absolute atomic E-state index is 0.0113. The van der Waals surface area contributed by atoms with Crippen molar-refractivity contribution in [3.63, 3.8) is 0 Å². The van der Waals surface area contributed by atoms with E-state index in [1.54, 1.807) is 11.3 Å². The first kappa shape index (κ1) is 15.3. The van der Waals surface area contributed by atoms with Crippen LogP contribution < -0.4 is 10.6 Å². The number of thiophene rings is 1. The van der Waals surface area contributed by atoms with Gasteiger partial charge in [0.15, 0.2) is 0 Å². The molecule has 5 heteroatoms. The molecule has 2 rings (SSSR count). The fraction of sp³-hybridized carbons (Fsp3) is 0.400. The lowest BCUT2D eigenvalue weighted by molar-refractivity contribution is -0.123. The van der Waals surface area contributed by atoms with Crippen molar-refractivity contribution in [2.24, 2.45) is 0 Å². The van der Waals surface area contributed by atoms with E-state index in [1.807, 2.05) is 39.0 Å². The second-order valence-electron chi connectivity index (χ2n) is 5.10. The number of fused-ring (bicyclic) bond motifs is 1. The van der Waals surface area contributed by atoms with Crippen LogP contribution in [0.5, 0.6) is 0 Å². The molecule has 3 nitrogen and oxygen atoms in total. The summed E-state index contributed by atoms with van der Waals surface area (Å²) < 4.78 is 1.17. The Balaban J connectivity index is 2.02. The fourth-order valence-corrected chi connectivity index (χ4v) is 3.38. The Labute approximate surface area is 128 Å². The molecule has 0 aliphatic carbocycles. The van der Waals surface area contributed by atoms with Gasteiger partial charge in [-0.2, -0.15) is 0 Å². The molecule has 1 aromatic heterocycles. The lowest BCUT2D eigenvalue weighted by Gasteiger charge is -2.15. The molecule has 0 radical (unpaired) electrons. The van der Waals surface area contributed by atoms with Crippen molar-refractivity contribution < 1.29 is 4.79 Å². The standard InChI is InChI=1S/C15H19ClN2OS/c1-9(2)18-15(19)10(3)17-8-13-14(16)11-6-4-5-7-12(11)20-13/h4-7,9-10,17H,8H2,1-3H3,(H,18,19). The topological polar surface area (TPSA) is 41.1 Å².